The van der Waals surface area contributed by atoms with Crippen LogP contribution < -0.4 is 5.32 Å². The van der Waals surface area contributed by atoms with E-state index in [9.17, 15) is 4.79 Å². The van der Waals surface area contributed by atoms with Gasteiger partial charge in [0.2, 0.25) is 0 Å². The summed E-state index contributed by atoms with van der Waals surface area (Å²) in [6, 6.07) is 0. The number of carbonyl (C=O) groups excluding carboxylic acids is 1. The lowest BCUT2D eigenvalue weighted by atomic mass is 10.0. The number of nitrogens with one attached hydrogen (secondary N) is 1. The smallest absolute Gasteiger partial charge is 0.146 e. The van der Waals surface area contributed by atoms with Crippen molar-refractivity contribution in [3.05, 3.63) is 0 Å². The molecule has 2 heteroatoms. The van der Waals surface area contributed by atoms with E-state index in [2.05, 4.69) is 33.0 Å². The molecule has 0 radical (unpaired) electrons. The van der Waals surface area contributed by atoms with Gasteiger partial charge >= 0.3 is 0 Å². The summed E-state index contributed by atoms with van der Waals surface area (Å²) in [4.78, 5) is 10.3. The Hall–Kier alpha value is -0.370. The Labute approximate surface area is 76.7 Å². The highest BCUT2D eigenvalue weighted by atomic mass is 16.1. The minimum atomic E-state index is 0.266. The fourth-order valence-corrected chi connectivity index (χ4v) is 0.322. The molecule has 0 aromatic rings. The van der Waals surface area contributed by atoms with E-state index in [1.165, 1.54) is 0 Å². The third-order valence-electron chi connectivity index (χ3n) is 0.768. The highest BCUT2D eigenvalue weighted by molar-refractivity contribution is 5.79. The van der Waals surface area contributed by atoms with E-state index in [1.807, 2.05) is 6.92 Å². The third-order valence-corrected chi connectivity index (χ3v) is 0.768. The standard InChI is InChI=1S/C5H11NO.C5H12/c1-3-5(7)4-6-2;1-5(2,3)4/h6H,3-4H2,1-2H3;1-4H3. The first-order valence-corrected chi connectivity index (χ1v) is 4.47. The zero-order valence-corrected chi connectivity index (χ0v) is 9.32. The molecular weight excluding hydrogens is 150 g/mol. The fraction of sp³-hybridized carbons (Fsp3) is 0.900. The van der Waals surface area contributed by atoms with Gasteiger partial charge in [-0.1, -0.05) is 34.6 Å². The van der Waals surface area contributed by atoms with Crippen LogP contribution in [0.25, 0.3) is 0 Å². The average Bonchev–Trinajstić information content (AvgIpc) is 1.85. The lowest BCUT2D eigenvalue weighted by molar-refractivity contribution is -0.117. The summed E-state index contributed by atoms with van der Waals surface area (Å²) in [5, 5.41) is 2.77. The summed E-state index contributed by atoms with van der Waals surface area (Å²) in [6.45, 7) is 11.1. The monoisotopic (exact) mass is 173 g/mol. The van der Waals surface area contributed by atoms with Crippen molar-refractivity contribution in [2.75, 3.05) is 13.6 Å². The average molecular weight is 173 g/mol. The molecule has 0 fully saturated rings. The van der Waals surface area contributed by atoms with Crippen LogP contribution in [0.3, 0.4) is 0 Å². The van der Waals surface area contributed by atoms with Crippen LogP contribution in [-0.2, 0) is 4.79 Å². The maximum absolute atomic E-state index is 10.3. The number of carbonyl (C=O) groups is 1. The Morgan fingerprint density at radius 1 is 1.25 bits per heavy atom. The van der Waals surface area contributed by atoms with E-state index in [0.717, 1.165) is 0 Å². The molecule has 0 heterocycles. The Morgan fingerprint density at radius 2 is 1.58 bits per heavy atom. The maximum atomic E-state index is 10.3. The van der Waals surface area contributed by atoms with E-state index in [0.29, 0.717) is 18.4 Å². The number of ketones is 1. The van der Waals surface area contributed by atoms with Crippen LogP contribution in [-0.4, -0.2) is 19.4 Å². The van der Waals surface area contributed by atoms with Gasteiger partial charge in [-0.05, 0) is 12.5 Å². The predicted octanol–water partition coefficient (Wildman–Crippen LogP) is 2.24. The Balaban J connectivity index is 0. The van der Waals surface area contributed by atoms with Gasteiger partial charge in [-0.3, -0.25) is 4.79 Å². The van der Waals surface area contributed by atoms with Gasteiger partial charge in [-0.25, -0.2) is 0 Å². The molecule has 1 N–H and O–H groups in total. The van der Waals surface area contributed by atoms with Crippen molar-refractivity contribution >= 4 is 5.78 Å². The van der Waals surface area contributed by atoms with Crippen molar-refractivity contribution in [3.8, 4) is 0 Å². The molecule has 0 unspecified atom stereocenters. The number of Topliss-reactive ketones (excluding diaryl/α,β-unsaturated/α-hetero) is 1. The van der Waals surface area contributed by atoms with Crippen molar-refractivity contribution in [3.63, 3.8) is 0 Å². The van der Waals surface area contributed by atoms with Crippen LogP contribution in [0, 0.1) is 5.41 Å². The number of hydrogen-bond acceptors (Lipinski definition) is 2. The van der Waals surface area contributed by atoms with E-state index >= 15 is 0 Å². The lowest BCUT2D eigenvalue weighted by Gasteiger charge is -2.05. The fourth-order valence-electron chi connectivity index (χ4n) is 0.322. The summed E-state index contributed by atoms with van der Waals surface area (Å²) >= 11 is 0. The van der Waals surface area contributed by atoms with Crippen molar-refractivity contribution < 1.29 is 4.79 Å². The van der Waals surface area contributed by atoms with Crippen molar-refractivity contribution in [1.82, 2.24) is 5.32 Å². The molecule has 0 atom stereocenters. The van der Waals surface area contributed by atoms with Crippen LogP contribution in [0.5, 0.6) is 0 Å². The minimum Gasteiger partial charge on any atom is -0.313 e. The molecule has 0 aliphatic heterocycles. The summed E-state index contributed by atoms with van der Waals surface area (Å²) < 4.78 is 0. The van der Waals surface area contributed by atoms with Crippen LogP contribution in [0.2, 0.25) is 0 Å². The first-order chi connectivity index (χ1) is 5.31. The molecule has 0 aromatic carbocycles. The zero-order chi connectivity index (χ0) is 10.2. The van der Waals surface area contributed by atoms with Gasteiger partial charge in [0.05, 0.1) is 6.54 Å². The first kappa shape index (κ1) is 14.2. The van der Waals surface area contributed by atoms with Crippen molar-refractivity contribution in [2.24, 2.45) is 5.41 Å². The molecule has 2 nitrogen and oxygen atoms in total. The molecule has 0 aliphatic carbocycles. The Morgan fingerprint density at radius 3 is 1.67 bits per heavy atom. The SMILES string of the molecule is CC(C)(C)C.CCC(=O)CNC. The van der Waals surface area contributed by atoms with E-state index in [1.54, 1.807) is 7.05 Å². The van der Waals surface area contributed by atoms with Crippen LogP contribution in [0.1, 0.15) is 41.0 Å². The molecule has 0 bridgehead atoms. The predicted molar refractivity (Wildman–Crippen MR) is 54.4 cm³/mol. The highest BCUT2D eigenvalue weighted by Gasteiger charge is 1.95. The van der Waals surface area contributed by atoms with E-state index < -0.39 is 0 Å². The van der Waals surface area contributed by atoms with Crippen molar-refractivity contribution in [2.45, 2.75) is 41.0 Å². The van der Waals surface area contributed by atoms with Gasteiger partial charge in [0.1, 0.15) is 5.78 Å². The molecule has 0 amide bonds. The maximum Gasteiger partial charge on any atom is 0.146 e. The number of hydrogen-bond donors (Lipinski definition) is 1. The minimum absolute atomic E-state index is 0.266. The summed E-state index contributed by atoms with van der Waals surface area (Å²) in [6.07, 6.45) is 0.640. The van der Waals surface area contributed by atoms with Gasteiger partial charge < -0.3 is 5.32 Å². The first-order valence-electron chi connectivity index (χ1n) is 4.47. The molecule has 74 valence electrons. The summed E-state index contributed by atoms with van der Waals surface area (Å²) in [5.74, 6) is 0.266. The van der Waals surface area contributed by atoms with Crippen LogP contribution >= 0.6 is 0 Å². The number of likely N-dealkylation sites (N-methyl/N-ethyl adjacent to an activating group) is 1. The normalized spacial score (nSPS) is 10.2. The van der Waals surface area contributed by atoms with Crippen LogP contribution in [0.4, 0.5) is 0 Å². The molecule has 0 saturated heterocycles. The molecule has 0 rings (SSSR count). The molecule has 12 heavy (non-hydrogen) atoms. The molecule has 0 aliphatic rings. The van der Waals surface area contributed by atoms with Gasteiger partial charge in [-0.15, -0.1) is 0 Å². The molecular formula is C10H23NO. The lowest BCUT2D eigenvalue weighted by Crippen LogP contribution is -2.16. The second-order valence-electron chi connectivity index (χ2n) is 4.42. The molecule has 0 spiro atoms. The van der Waals surface area contributed by atoms with Gasteiger partial charge in [0.15, 0.2) is 0 Å². The summed E-state index contributed by atoms with van der Waals surface area (Å²) in [5.41, 5.74) is 0.500. The highest BCUT2D eigenvalue weighted by Crippen LogP contribution is 2.07. The van der Waals surface area contributed by atoms with Gasteiger partial charge in [0, 0.05) is 6.42 Å². The molecule has 0 aromatic heterocycles. The third kappa shape index (κ3) is 33.5. The Kier molecular flexibility index (Phi) is 8.61. The van der Waals surface area contributed by atoms with E-state index in [-0.39, 0.29) is 5.78 Å². The second kappa shape index (κ2) is 7.29. The van der Waals surface area contributed by atoms with Crippen LogP contribution in [0.15, 0.2) is 0 Å². The van der Waals surface area contributed by atoms with Gasteiger partial charge in [-0.2, -0.15) is 0 Å². The largest absolute Gasteiger partial charge is 0.313 e. The quantitative estimate of drug-likeness (QED) is 0.709. The summed E-state index contributed by atoms with van der Waals surface area (Å²) in [7, 11) is 1.77. The zero-order valence-electron chi connectivity index (χ0n) is 9.32. The topological polar surface area (TPSA) is 29.1 Å². The van der Waals surface area contributed by atoms with Gasteiger partial charge in [0.25, 0.3) is 0 Å². The number of rotatable bonds is 3. The van der Waals surface area contributed by atoms with Crippen molar-refractivity contribution in [1.29, 1.82) is 0 Å². The van der Waals surface area contributed by atoms with E-state index in [4.69, 9.17) is 0 Å². The Bertz CT molecular complexity index is 107. The molecule has 0 saturated carbocycles. The second-order valence-corrected chi connectivity index (χ2v) is 4.42.